The molecule has 5 heteroatoms. The van der Waals surface area contributed by atoms with Crippen molar-refractivity contribution in [2.45, 2.75) is 13.8 Å². The van der Waals surface area contributed by atoms with Crippen LogP contribution in [0.2, 0.25) is 0 Å². The highest BCUT2D eigenvalue weighted by molar-refractivity contribution is 6.46. The van der Waals surface area contributed by atoms with Gasteiger partial charge in [-0.25, -0.2) is 4.90 Å². The lowest BCUT2D eigenvalue weighted by molar-refractivity contribution is -0.120. The van der Waals surface area contributed by atoms with Crippen LogP contribution in [0.5, 0.6) is 5.75 Å². The van der Waals surface area contributed by atoms with E-state index in [2.05, 4.69) is 5.32 Å². The minimum Gasteiger partial charge on any atom is -0.497 e. The van der Waals surface area contributed by atoms with E-state index in [9.17, 15) is 9.59 Å². The lowest BCUT2D eigenvalue weighted by Crippen LogP contribution is -2.33. The molecule has 0 atom stereocenters. The van der Waals surface area contributed by atoms with Crippen molar-refractivity contribution in [2.24, 2.45) is 0 Å². The lowest BCUT2D eigenvalue weighted by atomic mass is 10.0. The molecule has 0 radical (unpaired) electrons. The van der Waals surface area contributed by atoms with Crippen LogP contribution in [0, 0.1) is 13.8 Å². The Labute approximate surface area is 175 Å². The third-order valence-electron chi connectivity index (χ3n) is 5.08. The zero-order valence-corrected chi connectivity index (χ0v) is 17.1. The molecule has 1 aliphatic heterocycles. The van der Waals surface area contributed by atoms with E-state index in [0.717, 1.165) is 11.1 Å². The summed E-state index contributed by atoms with van der Waals surface area (Å²) in [6, 6.07) is 22.2. The monoisotopic (exact) mass is 398 g/mol. The van der Waals surface area contributed by atoms with Crippen LogP contribution in [0.15, 0.2) is 78.5 Å². The van der Waals surface area contributed by atoms with Gasteiger partial charge in [-0.05, 0) is 43.2 Å². The van der Waals surface area contributed by atoms with Crippen molar-refractivity contribution in [1.29, 1.82) is 0 Å². The molecule has 3 aromatic rings. The van der Waals surface area contributed by atoms with Crippen LogP contribution in [0.3, 0.4) is 0 Å². The number of amides is 2. The molecule has 1 N–H and O–H groups in total. The molecule has 1 aliphatic rings. The number of carbonyl (C=O) groups excluding carboxylic acids is 2. The Balaban J connectivity index is 1.82. The lowest BCUT2D eigenvalue weighted by Gasteiger charge is -2.18. The van der Waals surface area contributed by atoms with Gasteiger partial charge in [-0.1, -0.05) is 54.1 Å². The van der Waals surface area contributed by atoms with Gasteiger partial charge in [0.1, 0.15) is 11.4 Å². The maximum atomic E-state index is 13.5. The Morgan fingerprint density at radius 1 is 0.833 bits per heavy atom. The van der Waals surface area contributed by atoms with Gasteiger partial charge in [0.25, 0.3) is 11.8 Å². The van der Waals surface area contributed by atoms with Crippen molar-refractivity contribution < 1.29 is 14.3 Å². The number of carbonyl (C=O) groups is 2. The molecule has 30 heavy (non-hydrogen) atoms. The fraction of sp³-hybridized carbons (Fsp3) is 0.120. The second-order valence-corrected chi connectivity index (χ2v) is 7.21. The Bertz CT molecular complexity index is 1170. The first kappa shape index (κ1) is 19.5. The van der Waals surface area contributed by atoms with Gasteiger partial charge in [0, 0.05) is 11.8 Å². The number of ether oxygens (including phenoxy) is 1. The summed E-state index contributed by atoms with van der Waals surface area (Å²) < 4.78 is 5.28. The molecule has 0 fully saturated rings. The smallest absolute Gasteiger partial charge is 0.282 e. The number of aryl methyl sites for hydroxylation is 2. The normalized spacial score (nSPS) is 13.8. The van der Waals surface area contributed by atoms with Gasteiger partial charge in [-0.2, -0.15) is 0 Å². The highest BCUT2D eigenvalue weighted by Crippen LogP contribution is 2.35. The van der Waals surface area contributed by atoms with E-state index in [-0.39, 0.29) is 17.5 Å². The number of nitrogens with one attached hydrogen (secondary N) is 1. The molecule has 0 spiro atoms. The first-order valence-electron chi connectivity index (χ1n) is 9.66. The topological polar surface area (TPSA) is 58.6 Å². The fourth-order valence-electron chi connectivity index (χ4n) is 3.64. The molecule has 150 valence electrons. The zero-order chi connectivity index (χ0) is 21.3. The summed E-state index contributed by atoms with van der Waals surface area (Å²) >= 11 is 0. The van der Waals surface area contributed by atoms with Gasteiger partial charge in [0.2, 0.25) is 0 Å². The molecule has 0 saturated carbocycles. The summed E-state index contributed by atoms with van der Waals surface area (Å²) in [4.78, 5) is 28.2. The average molecular weight is 398 g/mol. The molecule has 1 heterocycles. The summed E-state index contributed by atoms with van der Waals surface area (Å²) in [6.45, 7) is 3.88. The molecule has 3 aromatic carbocycles. The predicted molar refractivity (Wildman–Crippen MR) is 118 cm³/mol. The standard InChI is InChI=1S/C25H22N2O3/c1-16-12-13-21(17(2)14-16)27-24(28)22(18-8-5-4-6-9-18)23(25(27)29)26-19-10-7-11-20(15-19)30-3/h4-15,26H,1-3H3. The van der Waals surface area contributed by atoms with E-state index in [1.54, 1.807) is 13.2 Å². The van der Waals surface area contributed by atoms with Crippen molar-refractivity contribution in [2.75, 3.05) is 17.3 Å². The van der Waals surface area contributed by atoms with Gasteiger partial charge < -0.3 is 10.1 Å². The summed E-state index contributed by atoms with van der Waals surface area (Å²) in [5, 5.41) is 3.16. The fourth-order valence-corrected chi connectivity index (χ4v) is 3.64. The number of hydrogen-bond acceptors (Lipinski definition) is 4. The maximum absolute atomic E-state index is 13.5. The van der Waals surface area contributed by atoms with Crippen LogP contribution >= 0.6 is 0 Å². The minimum absolute atomic E-state index is 0.249. The number of benzene rings is 3. The summed E-state index contributed by atoms with van der Waals surface area (Å²) in [5.41, 5.74) is 4.48. The predicted octanol–water partition coefficient (Wildman–Crippen LogP) is 4.71. The zero-order valence-electron chi connectivity index (χ0n) is 17.1. The second-order valence-electron chi connectivity index (χ2n) is 7.21. The van der Waals surface area contributed by atoms with Crippen LogP contribution in [-0.4, -0.2) is 18.9 Å². The first-order valence-corrected chi connectivity index (χ1v) is 9.66. The van der Waals surface area contributed by atoms with Crippen molar-refractivity contribution >= 4 is 28.8 Å². The molecule has 4 rings (SSSR count). The summed E-state index contributed by atoms with van der Waals surface area (Å²) in [6.07, 6.45) is 0. The van der Waals surface area contributed by atoms with Crippen molar-refractivity contribution in [3.63, 3.8) is 0 Å². The molecule has 0 aliphatic carbocycles. The molecular weight excluding hydrogens is 376 g/mol. The minimum atomic E-state index is -0.381. The number of rotatable bonds is 5. The van der Waals surface area contributed by atoms with Crippen molar-refractivity contribution in [3.05, 3.63) is 95.2 Å². The Hall–Kier alpha value is -3.86. The molecule has 0 saturated heterocycles. The van der Waals surface area contributed by atoms with Gasteiger partial charge in [0.05, 0.1) is 18.4 Å². The van der Waals surface area contributed by atoms with Crippen LogP contribution in [0.25, 0.3) is 5.57 Å². The number of methoxy groups -OCH3 is 1. The molecule has 5 nitrogen and oxygen atoms in total. The molecule has 0 bridgehead atoms. The van der Waals surface area contributed by atoms with E-state index >= 15 is 0 Å². The van der Waals surface area contributed by atoms with Gasteiger partial charge >= 0.3 is 0 Å². The largest absolute Gasteiger partial charge is 0.497 e. The number of nitrogens with zero attached hydrogens (tertiary/aromatic N) is 1. The van der Waals surface area contributed by atoms with E-state index in [1.807, 2.05) is 80.6 Å². The van der Waals surface area contributed by atoms with E-state index < -0.39 is 0 Å². The SMILES string of the molecule is COc1cccc(NC2=C(c3ccccc3)C(=O)N(c3ccc(C)cc3C)C2=O)c1. The summed E-state index contributed by atoms with van der Waals surface area (Å²) in [5.74, 6) is -0.0676. The van der Waals surface area contributed by atoms with Crippen molar-refractivity contribution in [3.8, 4) is 5.75 Å². The maximum Gasteiger partial charge on any atom is 0.282 e. The van der Waals surface area contributed by atoms with Gasteiger partial charge in [-0.15, -0.1) is 0 Å². The van der Waals surface area contributed by atoms with Gasteiger partial charge in [0.15, 0.2) is 0 Å². The number of hydrogen-bond donors (Lipinski definition) is 1. The van der Waals surface area contributed by atoms with Crippen LogP contribution < -0.4 is 15.0 Å². The number of anilines is 2. The quantitative estimate of drug-likeness (QED) is 0.633. The Morgan fingerprint density at radius 3 is 2.30 bits per heavy atom. The van der Waals surface area contributed by atoms with Crippen LogP contribution in [0.4, 0.5) is 11.4 Å². The second kappa shape index (κ2) is 7.87. The van der Waals surface area contributed by atoms with E-state index in [4.69, 9.17) is 4.74 Å². The Morgan fingerprint density at radius 2 is 1.60 bits per heavy atom. The molecule has 2 amide bonds. The highest BCUT2D eigenvalue weighted by Gasteiger charge is 2.40. The Kier molecular flexibility index (Phi) is 5.11. The van der Waals surface area contributed by atoms with Crippen LogP contribution in [0.1, 0.15) is 16.7 Å². The third-order valence-corrected chi connectivity index (χ3v) is 5.08. The van der Waals surface area contributed by atoms with Crippen molar-refractivity contribution in [1.82, 2.24) is 0 Å². The first-order chi connectivity index (χ1) is 14.5. The molecular formula is C25H22N2O3. The van der Waals surface area contributed by atoms with Gasteiger partial charge in [-0.3, -0.25) is 9.59 Å². The van der Waals surface area contributed by atoms with Crippen LogP contribution in [-0.2, 0) is 9.59 Å². The van der Waals surface area contributed by atoms with E-state index in [0.29, 0.717) is 28.3 Å². The van der Waals surface area contributed by atoms with E-state index in [1.165, 1.54) is 4.90 Å². The third kappa shape index (κ3) is 3.46. The molecule has 0 unspecified atom stereocenters. The molecule has 0 aromatic heterocycles. The summed E-state index contributed by atoms with van der Waals surface area (Å²) in [7, 11) is 1.58. The number of imide groups is 1. The highest BCUT2D eigenvalue weighted by atomic mass is 16.5. The average Bonchev–Trinajstić information content (AvgIpc) is 2.99.